The van der Waals surface area contributed by atoms with Crippen molar-refractivity contribution < 1.29 is 19.2 Å². The van der Waals surface area contributed by atoms with E-state index < -0.39 is 11.0 Å². The molecule has 0 fully saturated rings. The van der Waals surface area contributed by atoms with Crippen LogP contribution in [0.15, 0.2) is 71.9 Å². The van der Waals surface area contributed by atoms with Crippen LogP contribution in [0.2, 0.25) is 0 Å². The molecule has 0 unspecified atom stereocenters. The number of rotatable bonds is 10. The van der Waals surface area contributed by atoms with Crippen LogP contribution in [0, 0.1) is 17.0 Å². The minimum atomic E-state index is -0.472. The third-order valence-electron chi connectivity index (χ3n) is 5.53. The van der Waals surface area contributed by atoms with E-state index >= 15 is 0 Å². The van der Waals surface area contributed by atoms with Gasteiger partial charge in [-0.1, -0.05) is 41.6 Å². The first-order valence-corrected chi connectivity index (χ1v) is 12.5. The molecule has 0 radical (unpaired) electrons. The fraction of sp³-hybridized carbons (Fsp3) is 0.192. The number of aromatic nitrogens is 3. The monoisotopic (exact) mass is 534 g/mol. The number of benzene rings is 3. The van der Waals surface area contributed by atoms with E-state index in [1.807, 2.05) is 25.1 Å². The summed E-state index contributed by atoms with van der Waals surface area (Å²) in [6, 6.07) is 18.8. The molecule has 2 N–H and O–H groups in total. The predicted molar refractivity (Wildman–Crippen MR) is 144 cm³/mol. The molecule has 0 spiro atoms. The number of thioether (sulfide) groups is 1. The van der Waals surface area contributed by atoms with E-state index in [9.17, 15) is 14.9 Å². The van der Waals surface area contributed by atoms with Crippen molar-refractivity contribution in [2.45, 2.75) is 24.4 Å². The number of carbonyl (C=O) groups excluding carboxylic acids is 1. The molecule has 0 aliphatic heterocycles. The number of nitrogens with one attached hydrogen (secondary N) is 2. The van der Waals surface area contributed by atoms with Gasteiger partial charge in [0.15, 0.2) is 11.0 Å². The first-order valence-electron chi connectivity index (χ1n) is 11.5. The molecular weight excluding hydrogens is 508 g/mol. The van der Waals surface area contributed by atoms with Gasteiger partial charge in [-0.3, -0.25) is 14.7 Å². The zero-order valence-electron chi connectivity index (χ0n) is 21.0. The lowest BCUT2D eigenvalue weighted by Crippen LogP contribution is -2.29. The summed E-state index contributed by atoms with van der Waals surface area (Å²) in [6.07, 6.45) is 0. The minimum absolute atomic E-state index is 0.0247. The van der Waals surface area contributed by atoms with E-state index in [1.54, 1.807) is 42.0 Å². The number of hydrogen-bond donors (Lipinski definition) is 2. The number of ether oxygens (including phenoxy) is 2. The quantitative estimate of drug-likeness (QED) is 0.163. The number of non-ortho nitro benzene ring substituents is 1. The van der Waals surface area contributed by atoms with E-state index in [2.05, 4.69) is 26.9 Å². The fourth-order valence-electron chi connectivity index (χ4n) is 3.67. The smallest absolute Gasteiger partial charge is 0.319 e. The number of anilines is 1. The number of nitrogens with zero attached hydrogens (tertiary/aromatic N) is 4. The van der Waals surface area contributed by atoms with Gasteiger partial charge in [0, 0.05) is 29.6 Å². The van der Waals surface area contributed by atoms with Crippen LogP contribution in [0.25, 0.3) is 5.69 Å². The number of nitro groups is 1. The summed E-state index contributed by atoms with van der Waals surface area (Å²) in [5.41, 5.74) is 3.37. The maximum absolute atomic E-state index is 12.7. The Hall–Kier alpha value is -4.58. The second-order valence-corrected chi connectivity index (χ2v) is 9.10. The lowest BCUT2D eigenvalue weighted by Gasteiger charge is -2.13. The summed E-state index contributed by atoms with van der Waals surface area (Å²) < 4.78 is 12.3. The Bertz CT molecular complexity index is 1440. The van der Waals surface area contributed by atoms with Crippen molar-refractivity contribution in [3.05, 3.63) is 93.8 Å². The van der Waals surface area contributed by atoms with Gasteiger partial charge in [0.25, 0.3) is 5.69 Å². The Labute approximate surface area is 223 Å². The molecule has 4 rings (SSSR count). The Morgan fingerprint density at radius 2 is 1.84 bits per heavy atom. The zero-order chi connectivity index (χ0) is 27.1. The Morgan fingerprint density at radius 1 is 1.05 bits per heavy atom. The highest BCUT2D eigenvalue weighted by molar-refractivity contribution is 7.98. The number of urea groups is 1. The molecule has 4 aromatic rings. The lowest BCUT2D eigenvalue weighted by atomic mass is 10.2. The summed E-state index contributed by atoms with van der Waals surface area (Å²) in [5, 5.41) is 25.9. The van der Waals surface area contributed by atoms with Crippen LogP contribution >= 0.6 is 11.8 Å². The number of nitro benzene ring substituents is 1. The van der Waals surface area contributed by atoms with Crippen molar-refractivity contribution in [3.8, 4) is 17.2 Å². The molecule has 11 nitrogen and oxygen atoms in total. The van der Waals surface area contributed by atoms with E-state index in [0.717, 1.165) is 11.1 Å². The van der Waals surface area contributed by atoms with Crippen molar-refractivity contribution in [1.82, 2.24) is 20.1 Å². The predicted octanol–water partition coefficient (Wildman–Crippen LogP) is 5.12. The van der Waals surface area contributed by atoms with Gasteiger partial charge in [-0.15, -0.1) is 10.2 Å². The van der Waals surface area contributed by atoms with Gasteiger partial charge >= 0.3 is 6.03 Å². The van der Waals surface area contributed by atoms with E-state index in [1.165, 1.54) is 31.0 Å². The zero-order valence-corrected chi connectivity index (χ0v) is 21.8. The van der Waals surface area contributed by atoms with Crippen LogP contribution in [-0.2, 0) is 12.3 Å². The second-order valence-electron chi connectivity index (χ2n) is 8.16. The summed E-state index contributed by atoms with van der Waals surface area (Å²) in [5.74, 6) is 2.16. The summed E-state index contributed by atoms with van der Waals surface area (Å²) in [6.45, 7) is 2.09. The van der Waals surface area contributed by atoms with Crippen LogP contribution < -0.4 is 20.1 Å². The topological polar surface area (TPSA) is 133 Å². The molecule has 3 aromatic carbocycles. The van der Waals surface area contributed by atoms with Crippen LogP contribution in [0.3, 0.4) is 0 Å². The molecule has 196 valence electrons. The van der Waals surface area contributed by atoms with Gasteiger partial charge in [0.1, 0.15) is 11.5 Å². The molecule has 0 atom stereocenters. The highest BCUT2D eigenvalue weighted by Crippen LogP contribution is 2.29. The Balaban J connectivity index is 1.54. The lowest BCUT2D eigenvalue weighted by molar-refractivity contribution is -0.384. The van der Waals surface area contributed by atoms with Gasteiger partial charge in [0.2, 0.25) is 0 Å². The van der Waals surface area contributed by atoms with Crippen molar-refractivity contribution in [2.24, 2.45) is 0 Å². The van der Waals surface area contributed by atoms with Crippen LogP contribution in [0.5, 0.6) is 11.5 Å². The van der Waals surface area contributed by atoms with Crippen LogP contribution in [-0.4, -0.2) is 39.9 Å². The van der Waals surface area contributed by atoms with Gasteiger partial charge in [0.05, 0.1) is 31.4 Å². The Kier molecular flexibility index (Phi) is 8.44. The molecule has 0 aliphatic rings. The third-order valence-corrected chi connectivity index (χ3v) is 6.53. The van der Waals surface area contributed by atoms with Crippen LogP contribution in [0.1, 0.15) is 17.0 Å². The van der Waals surface area contributed by atoms with Crippen molar-refractivity contribution >= 4 is 29.2 Å². The van der Waals surface area contributed by atoms with E-state index in [-0.39, 0.29) is 12.2 Å². The van der Waals surface area contributed by atoms with Gasteiger partial charge in [-0.2, -0.15) is 0 Å². The normalized spacial score (nSPS) is 10.6. The van der Waals surface area contributed by atoms with Gasteiger partial charge in [-0.25, -0.2) is 4.79 Å². The van der Waals surface area contributed by atoms with E-state index in [0.29, 0.717) is 39.6 Å². The number of carbonyl (C=O) groups is 1. The van der Waals surface area contributed by atoms with Crippen molar-refractivity contribution in [2.75, 3.05) is 19.5 Å². The molecular formula is C26H26N6O5S. The number of amides is 2. The van der Waals surface area contributed by atoms with Crippen LogP contribution in [0.4, 0.5) is 16.2 Å². The molecule has 38 heavy (non-hydrogen) atoms. The molecule has 0 bridgehead atoms. The summed E-state index contributed by atoms with van der Waals surface area (Å²) >= 11 is 1.48. The summed E-state index contributed by atoms with van der Waals surface area (Å²) in [4.78, 5) is 23.4. The molecule has 0 saturated heterocycles. The van der Waals surface area contributed by atoms with Gasteiger partial charge < -0.3 is 20.1 Å². The van der Waals surface area contributed by atoms with E-state index in [4.69, 9.17) is 9.47 Å². The standard InChI is InChI=1S/C26H26N6O5S/c1-17-5-4-6-18(13-17)16-38-26-30-29-24(31(26)19-7-9-20(10-8-19)32(34)35)15-27-25(33)28-22-12-11-21(36-2)14-23(22)37-3/h4-14H,15-16H2,1-3H3,(H2,27,28,33). The number of methoxy groups -OCH3 is 2. The number of hydrogen-bond acceptors (Lipinski definition) is 8. The van der Waals surface area contributed by atoms with Crippen molar-refractivity contribution in [1.29, 1.82) is 0 Å². The molecule has 2 amide bonds. The van der Waals surface area contributed by atoms with Crippen molar-refractivity contribution in [3.63, 3.8) is 0 Å². The molecule has 1 aromatic heterocycles. The maximum atomic E-state index is 12.7. The third kappa shape index (κ3) is 6.40. The Morgan fingerprint density at radius 3 is 2.53 bits per heavy atom. The maximum Gasteiger partial charge on any atom is 0.319 e. The average Bonchev–Trinajstić information content (AvgIpc) is 3.33. The largest absolute Gasteiger partial charge is 0.497 e. The summed E-state index contributed by atoms with van der Waals surface area (Å²) in [7, 11) is 3.05. The SMILES string of the molecule is COc1ccc(NC(=O)NCc2nnc(SCc3cccc(C)c3)n2-c2ccc([N+](=O)[O-])cc2)c(OC)c1. The molecule has 0 aliphatic carbocycles. The average molecular weight is 535 g/mol. The second kappa shape index (κ2) is 12.1. The van der Waals surface area contributed by atoms with Gasteiger partial charge in [-0.05, 0) is 36.8 Å². The first kappa shape index (κ1) is 26.5. The minimum Gasteiger partial charge on any atom is -0.497 e. The highest BCUT2D eigenvalue weighted by Gasteiger charge is 2.17. The fourth-order valence-corrected chi connectivity index (χ4v) is 4.58. The molecule has 0 saturated carbocycles. The first-order chi connectivity index (χ1) is 18.4. The molecule has 12 heteroatoms. The highest BCUT2D eigenvalue weighted by atomic mass is 32.2. The molecule has 1 heterocycles. The number of aryl methyl sites for hydroxylation is 1.